The van der Waals surface area contributed by atoms with Gasteiger partial charge in [-0.25, -0.2) is 4.98 Å². The first-order chi connectivity index (χ1) is 12.2. The molecule has 3 rings (SSSR count). The molecule has 130 valence electrons. The van der Waals surface area contributed by atoms with E-state index in [2.05, 4.69) is 10.3 Å². The van der Waals surface area contributed by atoms with E-state index in [9.17, 15) is 4.79 Å². The summed E-state index contributed by atoms with van der Waals surface area (Å²) in [5.41, 5.74) is 2.39. The van der Waals surface area contributed by atoms with Gasteiger partial charge in [-0.05, 0) is 38.1 Å². The molecule has 3 aromatic rings. The van der Waals surface area contributed by atoms with Crippen molar-refractivity contribution in [3.8, 4) is 5.75 Å². The number of carbonyl (C=O) groups excluding carboxylic acids is 1. The summed E-state index contributed by atoms with van der Waals surface area (Å²) in [6.07, 6.45) is 3.39. The number of nitrogens with zero attached hydrogens (tertiary/aromatic N) is 2. The molecule has 0 aliphatic rings. The van der Waals surface area contributed by atoms with Crippen molar-refractivity contribution in [2.75, 3.05) is 11.9 Å². The molecule has 1 aromatic carbocycles. The molecule has 0 aliphatic heterocycles. The van der Waals surface area contributed by atoms with Gasteiger partial charge in [-0.3, -0.25) is 4.79 Å². The van der Waals surface area contributed by atoms with Crippen molar-refractivity contribution in [3.63, 3.8) is 0 Å². The summed E-state index contributed by atoms with van der Waals surface area (Å²) in [7, 11) is 0. The fourth-order valence-corrected chi connectivity index (χ4v) is 2.45. The van der Waals surface area contributed by atoms with Crippen LogP contribution in [0.25, 0.3) is 5.65 Å². The molecule has 0 unspecified atom stereocenters. The number of amides is 1. The number of rotatable bonds is 7. The standard InChI is InChI=1S/C19H21N3O3/c1-3-24-14(2)19(23)21-15-7-6-8-17(11-15)25-13-16-12-22-10-5-4-9-18(22)20-16/h4-12,14H,3,13H2,1-2H3,(H,21,23)/t14-/m0/s1. The van der Waals surface area contributed by atoms with Gasteiger partial charge in [-0.15, -0.1) is 0 Å². The highest BCUT2D eigenvalue weighted by molar-refractivity contribution is 5.94. The lowest BCUT2D eigenvalue weighted by Gasteiger charge is -2.13. The lowest BCUT2D eigenvalue weighted by molar-refractivity contribution is -0.126. The molecule has 2 aromatic heterocycles. The van der Waals surface area contributed by atoms with Gasteiger partial charge in [0.15, 0.2) is 0 Å². The Labute approximate surface area is 146 Å². The van der Waals surface area contributed by atoms with E-state index in [1.165, 1.54) is 0 Å². The first-order valence-electron chi connectivity index (χ1n) is 8.23. The van der Waals surface area contributed by atoms with E-state index >= 15 is 0 Å². The van der Waals surface area contributed by atoms with Crippen LogP contribution in [0, 0.1) is 0 Å². The second-order valence-corrected chi connectivity index (χ2v) is 5.60. The van der Waals surface area contributed by atoms with E-state index < -0.39 is 6.10 Å². The predicted octanol–water partition coefficient (Wildman–Crippen LogP) is 3.28. The summed E-state index contributed by atoms with van der Waals surface area (Å²) in [5, 5.41) is 2.82. The summed E-state index contributed by atoms with van der Waals surface area (Å²) in [6.45, 7) is 4.44. The minimum absolute atomic E-state index is 0.181. The van der Waals surface area contributed by atoms with E-state index in [4.69, 9.17) is 9.47 Å². The molecule has 0 bridgehead atoms. The highest BCUT2D eigenvalue weighted by atomic mass is 16.5. The van der Waals surface area contributed by atoms with E-state index in [-0.39, 0.29) is 5.91 Å². The van der Waals surface area contributed by atoms with Crippen LogP contribution < -0.4 is 10.1 Å². The number of hydrogen-bond acceptors (Lipinski definition) is 4. The monoisotopic (exact) mass is 339 g/mol. The molecule has 0 saturated heterocycles. The van der Waals surface area contributed by atoms with Crippen molar-refractivity contribution in [3.05, 3.63) is 60.6 Å². The highest BCUT2D eigenvalue weighted by Gasteiger charge is 2.12. The first kappa shape index (κ1) is 17.0. The lowest BCUT2D eigenvalue weighted by Crippen LogP contribution is -2.27. The van der Waals surface area contributed by atoms with Gasteiger partial charge >= 0.3 is 0 Å². The van der Waals surface area contributed by atoms with Crippen molar-refractivity contribution >= 4 is 17.2 Å². The fraction of sp³-hybridized carbons (Fsp3) is 0.263. The van der Waals surface area contributed by atoms with Crippen LogP contribution in [0.5, 0.6) is 5.75 Å². The molecule has 1 amide bonds. The maximum atomic E-state index is 12.0. The summed E-state index contributed by atoms with van der Waals surface area (Å²) < 4.78 is 13.0. The Morgan fingerprint density at radius 1 is 1.28 bits per heavy atom. The largest absolute Gasteiger partial charge is 0.487 e. The predicted molar refractivity (Wildman–Crippen MR) is 95.7 cm³/mol. The van der Waals surface area contributed by atoms with Crippen LogP contribution in [0.4, 0.5) is 5.69 Å². The smallest absolute Gasteiger partial charge is 0.253 e. The molecule has 6 nitrogen and oxygen atoms in total. The molecule has 0 aliphatic carbocycles. The fourth-order valence-electron chi connectivity index (χ4n) is 2.45. The molecule has 1 N–H and O–H groups in total. The second kappa shape index (κ2) is 7.81. The van der Waals surface area contributed by atoms with Crippen molar-refractivity contribution in [2.45, 2.75) is 26.6 Å². The number of pyridine rings is 1. The van der Waals surface area contributed by atoms with Gasteiger partial charge < -0.3 is 19.2 Å². The zero-order valence-corrected chi connectivity index (χ0v) is 14.3. The number of anilines is 1. The van der Waals surface area contributed by atoms with Crippen LogP contribution in [0.3, 0.4) is 0 Å². The first-order valence-corrected chi connectivity index (χ1v) is 8.23. The number of hydrogen-bond donors (Lipinski definition) is 1. The van der Waals surface area contributed by atoms with E-state index in [1.807, 2.05) is 60.1 Å². The molecule has 1 atom stereocenters. The van der Waals surface area contributed by atoms with Crippen LogP contribution in [-0.2, 0) is 16.1 Å². The van der Waals surface area contributed by atoms with Gasteiger partial charge in [-0.2, -0.15) is 0 Å². The lowest BCUT2D eigenvalue weighted by atomic mass is 10.3. The summed E-state index contributed by atoms with van der Waals surface area (Å²) in [4.78, 5) is 16.5. The number of aromatic nitrogens is 2. The van der Waals surface area contributed by atoms with Crippen LogP contribution >= 0.6 is 0 Å². The normalized spacial score (nSPS) is 12.1. The van der Waals surface area contributed by atoms with Crippen LogP contribution in [0.2, 0.25) is 0 Å². The molecule has 0 spiro atoms. The van der Waals surface area contributed by atoms with Crippen LogP contribution in [0.15, 0.2) is 54.9 Å². The van der Waals surface area contributed by atoms with Gasteiger partial charge in [0.25, 0.3) is 5.91 Å². The number of benzene rings is 1. The third kappa shape index (κ3) is 4.36. The minimum Gasteiger partial charge on any atom is -0.487 e. The Morgan fingerprint density at radius 2 is 2.16 bits per heavy atom. The summed E-state index contributed by atoms with van der Waals surface area (Å²) >= 11 is 0. The topological polar surface area (TPSA) is 64.9 Å². The Balaban J connectivity index is 1.62. The average Bonchev–Trinajstić information content (AvgIpc) is 3.03. The molecule has 2 heterocycles. The molecule has 25 heavy (non-hydrogen) atoms. The number of carbonyl (C=O) groups is 1. The number of ether oxygens (including phenoxy) is 2. The van der Waals surface area contributed by atoms with Crippen LogP contribution in [0.1, 0.15) is 19.5 Å². The van der Waals surface area contributed by atoms with E-state index in [0.29, 0.717) is 24.7 Å². The third-order valence-electron chi connectivity index (χ3n) is 3.69. The molecule has 0 fully saturated rings. The molecule has 0 saturated carbocycles. The van der Waals surface area contributed by atoms with Crippen molar-refractivity contribution < 1.29 is 14.3 Å². The van der Waals surface area contributed by atoms with Crippen molar-refractivity contribution in [1.29, 1.82) is 0 Å². The second-order valence-electron chi connectivity index (χ2n) is 5.60. The quantitative estimate of drug-likeness (QED) is 0.717. The van der Waals surface area contributed by atoms with Gasteiger partial charge in [0, 0.05) is 30.8 Å². The maximum Gasteiger partial charge on any atom is 0.253 e. The molecule has 0 radical (unpaired) electrons. The third-order valence-corrected chi connectivity index (χ3v) is 3.69. The van der Waals surface area contributed by atoms with Crippen LogP contribution in [-0.4, -0.2) is 28.0 Å². The van der Waals surface area contributed by atoms with Gasteiger partial charge in [-0.1, -0.05) is 12.1 Å². The molecule has 6 heteroatoms. The number of nitrogens with one attached hydrogen (secondary N) is 1. The Kier molecular flexibility index (Phi) is 5.30. The zero-order chi connectivity index (χ0) is 17.6. The van der Waals surface area contributed by atoms with Gasteiger partial charge in [0.2, 0.25) is 0 Å². The Hall–Kier alpha value is -2.86. The number of fused-ring (bicyclic) bond motifs is 1. The number of imidazole rings is 1. The maximum absolute atomic E-state index is 12.0. The van der Waals surface area contributed by atoms with Gasteiger partial charge in [0.1, 0.15) is 24.1 Å². The van der Waals surface area contributed by atoms with Gasteiger partial charge in [0.05, 0.1) is 5.69 Å². The Bertz CT molecular complexity index is 827. The van der Waals surface area contributed by atoms with Crippen molar-refractivity contribution in [2.24, 2.45) is 0 Å². The summed E-state index contributed by atoms with van der Waals surface area (Å²) in [6, 6.07) is 13.1. The minimum atomic E-state index is -0.493. The zero-order valence-electron chi connectivity index (χ0n) is 14.3. The van der Waals surface area contributed by atoms with E-state index in [1.54, 1.807) is 13.0 Å². The van der Waals surface area contributed by atoms with Crippen molar-refractivity contribution in [1.82, 2.24) is 9.38 Å². The Morgan fingerprint density at radius 3 is 2.96 bits per heavy atom. The average molecular weight is 339 g/mol. The molecular formula is C19H21N3O3. The highest BCUT2D eigenvalue weighted by Crippen LogP contribution is 2.19. The molecular weight excluding hydrogens is 318 g/mol. The van der Waals surface area contributed by atoms with E-state index in [0.717, 1.165) is 11.3 Å². The summed E-state index contributed by atoms with van der Waals surface area (Å²) in [5.74, 6) is 0.485. The SMILES string of the molecule is CCO[C@@H](C)C(=O)Nc1cccc(OCc2cn3ccccc3n2)c1.